The zero-order valence-electron chi connectivity index (χ0n) is 14.9. The molecule has 0 fully saturated rings. The van der Waals surface area contributed by atoms with E-state index in [9.17, 15) is 14.4 Å². The van der Waals surface area contributed by atoms with E-state index in [1.165, 1.54) is 12.5 Å². The Bertz CT molecular complexity index is 851. The van der Waals surface area contributed by atoms with Gasteiger partial charge in [0.15, 0.2) is 11.6 Å². The zero-order chi connectivity index (χ0) is 18.5. The molecule has 0 bridgehead atoms. The molecule has 4 heteroatoms. The number of benzene rings is 2. The van der Waals surface area contributed by atoms with Crippen LogP contribution in [-0.4, -0.2) is 17.5 Å². The number of ether oxygens (including phenoxy) is 1. The van der Waals surface area contributed by atoms with Crippen molar-refractivity contribution in [2.24, 2.45) is 0 Å². The summed E-state index contributed by atoms with van der Waals surface area (Å²) in [6, 6.07) is 11.4. The molecule has 0 aliphatic heterocycles. The van der Waals surface area contributed by atoms with Gasteiger partial charge in [-0.2, -0.15) is 0 Å². The second-order valence-corrected chi connectivity index (χ2v) is 6.55. The maximum absolute atomic E-state index is 12.7. The van der Waals surface area contributed by atoms with E-state index >= 15 is 0 Å². The fraction of sp³-hybridized carbons (Fsp3) is 0.318. The number of esters is 1. The molecule has 0 N–H and O–H groups in total. The normalized spacial score (nSPS) is 12.5. The Hall–Kier alpha value is -2.75. The molecule has 0 amide bonds. The maximum atomic E-state index is 12.7. The van der Waals surface area contributed by atoms with E-state index in [4.69, 9.17) is 4.74 Å². The van der Waals surface area contributed by atoms with Gasteiger partial charge in [-0.1, -0.05) is 56.9 Å². The summed E-state index contributed by atoms with van der Waals surface area (Å²) in [7, 11) is 0. The van der Waals surface area contributed by atoms with Gasteiger partial charge in [-0.3, -0.25) is 14.4 Å². The van der Waals surface area contributed by atoms with E-state index in [2.05, 4.69) is 6.92 Å². The molecule has 0 saturated carbocycles. The molecule has 0 atom stereocenters. The first-order chi connectivity index (χ1) is 12.6. The van der Waals surface area contributed by atoms with Crippen molar-refractivity contribution in [2.75, 3.05) is 0 Å². The first-order valence-electron chi connectivity index (χ1n) is 9.15. The molecule has 3 rings (SSSR count). The van der Waals surface area contributed by atoms with Crippen molar-refractivity contribution in [3.8, 4) is 5.75 Å². The highest BCUT2D eigenvalue weighted by molar-refractivity contribution is 6.28. The number of unbranched alkanes of at least 4 members (excludes halogenated alkanes) is 4. The summed E-state index contributed by atoms with van der Waals surface area (Å²) in [4.78, 5) is 37.2. The van der Waals surface area contributed by atoms with Crippen molar-refractivity contribution < 1.29 is 19.1 Å². The monoisotopic (exact) mass is 350 g/mol. The Kier molecular flexibility index (Phi) is 5.61. The Labute approximate surface area is 153 Å². The van der Waals surface area contributed by atoms with Gasteiger partial charge in [0.25, 0.3) is 0 Å². The fourth-order valence-corrected chi connectivity index (χ4v) is 3.20. The van der Waals surface area contributed by atoms with Crippen molar-refractivity contribution in [3.05, 3.63) is 64.7 Å². The molecular formula is C22H22O4. The predicted molar refractivity (Wildman–Crippen MR) is 98.8 cm³/mol. The highest BCUT2D eigenvalue weighted by atomic mass is 16.5. The van der Waals surface area contributed by atoms with Crippen LogP contribution in [0.3, 0.4) is 0 Å². The second kappa shape index (κ2) is 8.09. The van der Waals surface area contributed by atoms with Crippen LogP contribution in [-0.2, 0) is 4.79 Å². The molecule has 26 heavy (non-hydrogen) atoms. The van der Waals surface area contributed by atoms with Gasteiger partial charge in [0, 0.05) is 28.7 Å². The molecule has 2 aromatic rings. The number of hydrogen-bond donors (Lipinski definition) is 0. The first kappa shape index (κ1) is 18.1. The molecular weight excluding hydrogens is 328 g/mol. The van der Waals surface area contributed by atoms with E-state index in [-0.39, 0.29) is 17.5 Å². The standard InChI is InChI=1S/C22H22O4/c1-2-3-4-5-6-11-20(23)26-15-12-13-18-19(14-15)22(25)17-10-8-7-9-16(17)21(18)24/h7-10,12-14H,2-6,11H2,1H3. The Morgan fingerprint density at radius 1 is 0.808 bits per heavy atom. The van der Waals surface area contributed by atoms with Gasteiger partial charge < -0.3 is 4.74 Å². The fourth-order valence-electron chi connectivity index (χ4n) is 3.20. The van der Waals surface area contributed by atoms with Crippen LogP contribution in [0.4, 0.5) is 0 Å². The molecule has 0 saturated heterocycles. The lowest BCUT2D eigenvalue weighted by molar-refractivity contribution is -0.134. The molecule has 0 spiro atoms. The highest BCUT2D eigenvalue weighted by Crippen LogP contribution is 2.29. The lowest BCUT2D eigenvalue weighted by Gasteiger charge is -2.17. The van der Waals surface area contributed by atoms with E-state index < -0.39 is 0 Å². The Morgan fingerprint density at radius 2 is 1.42 bits per heavy atom. The zero-order valence-corrected chi connectivity index (χ0v) is 14.9. The van der Waals surface area contributed by atoms with Crippen molar-refractivity contribution in [1.82, 2.24) is 0 Å². The third-order valence-electron chi connectivity index (χ3n) is 4.61. The molecule has 1 aliphatic carbocycles. The number of rotatable bonds is 7. The summed E-state index contributed by atoms with van der Waals surface area (Å²) >= 11 is 0. The predicted octanol–water partition coefficient (Wildman–Crippen LogP) is 4.73. The number of ketones is 2. The van der Waals surface area contributed by atoms with Crippen molar-refractivity contribution >= 4 is 17.5 Å². The molecule has 1 aliphatic rings. The van der Waals surface area contributed by atoms with E-state index in [1.807, 2.05) is 0 Å². The largest absolute Gasteiger partial charge is 0.427 e. The first-order valence-corrected chi connectivity index (χ1v) is 9.15. The van der Waals surface area contributed by atoms with Crippen molar-refractivity contribution in [2.45, 2.75) is 45.4 Å². The molecule has 0 heterocycles. The third-order valence-corrected chi connectivity index (χ3v) is 4.61. The van der Waals surface area contributed by atoms with Crippen LogP contribution in [0.2, 0.25) is 0 Å². The third kappa shape index (κ3) is 3.74. The van der Waals surface area contributed by atoms with Gasteiger partial charge in [-0.05, 0) is 24.6 Å². The molecule has 4 nitrogen and oxygen atoms in total. The number of carbonyl (C=O) groups is 3. The van der Waals surface area contributed by atoms with Gasteiger partial charge in [-0.25, -0.2) is 0 Å². The van der Waals surface area contributed by atoms with Crippen LogP contribution < -0.4 is 4.74 Å². The minimum Gasteiger partial charge on any atom is -0.427 e. The lowest BCUT2D eigenvalue weighted by atomic mass is 9.84. The van der Waals surface area contributed by atoms with E-state index in [1.54, 1.807) is 36.4 Å². The topological polar surface area (TPSA) is 60.4 Å². The summed E-state index contributed by atoms with van der Waals surface area (Å²) in [5.41, 5.74) is 1.46. The van der Waals surface area contributed by atoms with Crippen LogP contribution in [0.15, 0.2) is 42.5 Å². The lowest BCUT2D eigenvalue weighted by Crippen LogP contribution is -2.21. The second-order valence-electron chi connectivity index (χ2n) is 6.55. The van der Waals surface area contributed by atoms with Crippen LogP contribution in [0.25, 0.3) is 0 Å². The van der Waals surface area contributed by atoms with Crippen LogP contribution >= 0.6 is 0 Å². The molecule has 0 radical (unpaired) electrons. The summed E-state index contributed by atoms with van der Waals surface area (Å²) in [5, 5.41) is 0. The minimum atomic E-state index is -0.309. The van der Waals surface area contributed by atoms with Crippen LogP contribution in [0.5, 0.6) is 5.75 Å². The van der Waals surface area contributed by atoms with Gasteiger partial charge >= 0.3 is 5.97 Å². The number of carbonyl (C=O) groups excluding carboxylic acids is 3. The van der Waals surface area contributed by atoms with Crippen LogP contribution in [0, 0.1) is 0 Å². The number of fused-ring (bicyclic) bond motifs is 2. The quantitative estimate of drug-likeness (QED) is 0.351. The van der Waals surface area contributed by atoms with Gasteiger partial charge in [0.05, 0.1) is 0 Å². The average Bonchev–Trinajstić information content (AvgIpc) is 2.66. The van der Waals surface area contributed by atoms with E-state index in [0.717, 1.165) is 25.7 Å². The summed E-state index contributed by atoms with van der Waals surface area (Å²) < 4.78 is 5.36. The van der Waals surface area contributed by atoms with Gasteiger partial charge in [0.2, 0.25) is 0 Å². The minimum absolute atomic E-state index is 0.177. The van der Waals surface area contributed by atoms with E-state index in [0.29, 0.717) is 34.4 Å². The smallest absolute Gasteiger partial charge is 0.311 e. The average molecular weight is 350 g/mol. The molecule has 134 valence electrons. The summed E-state index contributed by atoms with van der Waals surface area (Å²) in [5.74, 6) is -0.393. The highest BCUT2D eigenvalue weighted by Gasteiger charge is 2.29. The summed E-state index contributed by atoms with van der Waals surface area (Å²) in [6.45, 7) is 2.15. The number of hydrogen-bond acceptors (Lipinski definition) is 4. The van der Waals surface area contributed by atoms with Gasteiger partial charge in [-0.15, -0.1) is 0 Å². The Balaban J connectivity index is 1.70. The SMILES string of the molecule is CCCCCCCC(=O)Oc1ccc2c(c1)C(=O)c1ccccc1C2=O. The maximum Gasteiger partial charge on any atom is 0.311 e. The van der Waals surface area contributed by atoms with Crippen molar-refractivity contribution in [1.29, 1.82) is 0 Å². The molecule has 0 unspecified atom stereocenters. The Morgan fingerprint density at radius 3 is 2.12 bits per heavy atom. The molecule has 2 aromatic carbocycles. The summed E-state index contributed by atoms with van der Waals surface area (Å²) in [6.07, 6.45) is 5.63. The van der Waals surface area contributed by atoms with Gasteiger partial charge in [0.1, 0.15) is 5.75 Å². The van der Waals surface area contributed by atoms with Crippen LogP contribution in [0.1, 0.15) is 77.3 Å². The molecule has 0 aromatic heterocycles. The van der Waals surface area contributed by atoms with Crippen molar-refractivity contribution in [3.63, 3.8) is 0 Å².